The average Bonchev–Trinajstić information content (AvgIpc) is 3.11. The molecular formula is C41H45ClN2O6S. The van der Waals surface area contributed by atoms with Gasteiger partial charge in [0, 0.05) is 29.9 Å². The summed E-state index contributed by atoms with van der Waals surface area (Å²) in [5.74, 6) is -1.26. The molecule has 0 bridgehead atoms. The van der Waals surface area contributed by atoms with Gasteiger partial charge in [0.1, 0.15) is 0 Å². The zero-order chi connectivity index (χ0) is 36.8. The molecule has 0 saturated heterocycles. The third-order valence-electron chi connectivity index (χ3n) is 9.87. The van der Waals surface area contributed by atoms with E-state index < -0.39 is 27.7 Å². The summed E-state index contributed by atoms with van der Waals surface area (Å²) in [7, 11) is -2.41. The van der Waals surface area contributed by atoms with Gasteiger partial charge in [0.05, 0.1) is 17.3 Å². The van der Waals surface area contributed by atoms with Gasteiger partial charge < -0.3 is 15.4 Å². The molecular weight excluding hydrogens is 684 g/mol. The SMILES string of the molecule is COC(C)(C)C1CC=C(c2ccc(C(Cc3ccc(C(=O)NCCS(=O)(=O)O)cc3)C(=O)Nc3ccc(-c4ccc(Cl)cc4C)cc3)cc2)CC1. The molecule has 2 unspecified atom stereocenters. The molecule has 268 valence electrons. The van der Waals surface area contributed by atoms with Gasteiger partial charge in [-0.15, -0.1) is 0 Å². The molecule has 0 aromatic heterocycles. The first-order chi connectivity index (χ1) is 24.2. The van der Waals surface area contributed by atoms with Crippen LogP contribution in [0.15, 0.2) is 97.1 Å². The van der Waals surface area contributed by atoms with Gasteiger partial charge in [0.15, 0.2) is 0 Å². The van der Waals surface area contributed by atoms with Gasteiger partial charge in [-0.3, -0.25) is 14.1 Å². The minimum Gasteiger partial charge on any atom is -0.379 e. The Kier molecular flexibility index (Phi) is 12.2. The van der Waals surface area contributed by atoms with Crippen molar-refractivity contribution in [3.63, 3.8) is 0 Å². The molecule has 10 heteroatoms. The maximum Gasteiger partial charge on any atom is 0.266 e. The summed E-state index contributed by atoms with van der Waals surface area (Å²) < 4.78 is 36.7. The highest BCUT2D eigenvalue weighted by Crippen LogP contribution is 2.37. The number of hydrogen-bond acceptors (Lipinski definition) is 5. The molecule has 0 spiro atoms. The van der Waals surface area contributed by atoms with Gasteiger partial charge in [-0.05, 0) is 128 Å². The van der Waals surface area contributed by atoms with Crippen molar-refractivity contribution in [1.82, 2.24) is 5.32 Å². The average molecular weight is 729 g/mol. The second kappa shape index (κ2) is 16.4. The van der Waals surface area contributed by atoms with Crippen LogP contribution in [0.1, 0.15) is 71.6 Å². The number of methoxy groups -OCH3 is 1. The van der Waals surface area contributed by atoms with Crippen LogP contribution in [0.4, 0.5) is 5.69 Å². The first kappa shape index (κ1) is 38.0. The van der Waals surface area contributed by atoms with E-state index in [1.165, 1.54) is 5.57 Å². The number of halogens is 1. The van der Waals surface area contributed by atoms with Crippen LogP contribution in [-0.2, 0) is 26.1 Å². The minimum absolute atomic E-state index is 0.160. The van der Waals surface area contributed by atoms with Crippen LogP contribution in [0, 0.1) is 12.8 Å². The van der Waals surface area contributed by atoms with Gasteiger partial charge in [-0.2, -0.15) is 8.42 Å². The summed E-state index contributed by atoms with van der Waals surface area (Å²) in [4.78, 5) is 26.5. The maximum absolute atomic E-state index is 14.0. The Hall–Kier alpha value is -4.28. The number of amides is 2. The zero-order valence-corrected chi connectivity index (χ0v) is 31.0. The predicted octanol–water partition coefficient (Wildman–Crippen LogP) is 8.51. The lowest BCUT2D eigenvalue weighted by atomic mass is 9.78. The number of carbonyl (C=O) groups is 2. The van der Waals surface area contributed by atoms with Gasteiger partial charge in [0.2, 0.25) is 5.91 Å². The van der Waals surface area contributed by atoms with E-state index in [4.69, 9.17) is 20.9 Å². The minimum atomic E-state index is -4.18. The van der Waals surface area contributed by atoms with Crippen LogP contribution in [0.25, 0.3) is 16.7 Å². The van der Waals surface area contributed by atoms with Crippen molar-refractivity contribution in [2.24, 2.45) is 5.92 Å². The predicted molar refractivity (Wildman–Crippen MR) is 205 cm³/mol. The Morgan fingerprint density at radius 2 is 1.63 bits per heavy atom. The Labute approximate surface area is 306 Å². The van der Waals surface area contributed by atoms with Crippen molar-refractivity contribution in [2.45, 2.75) is 58.0 Å². The number of carbonyl (C=O) groups excluding carboxylic acids is 2. The number of allylic oxidation sites excluding steroid dienone is 2. The summed E-state index contributed by atoms with van der Waals surface area (Å²) in [5.41, 5.74) is 8.15. The Morgan fingerprint density at radius 3 is 2.22 bits per heavy atom. The van der Waals surface area contributed by atoms with Crippen molar-refractivity contribution >= 4 is 44.8 Å². The standard InChI is InChI=1S/C41H45ClN2O6S/c1-27-25-35(42)19-22-37(27)31-15-20-36(21-16-31)44-40(46)38(26-28-5-7-33(8-6-28)39(45)43-23-24-51(47,48)49)32-11-9-29(10-12-32)30-13-17-34(18-14-30)41(2,3)50-4/h5-13,15-16,19-22,25,34,38H,14,17-18,23-24,26H2,1-4H3,(H,43,45)(H,44,46)(H,47,48,49). The third-order valence-corrected chi connectivity index (χ3v) is 10.8. The lowest BCUT2D eigenvalue weighted by molar-refractivity contribution is -0.117. The second-order valence-electron chi connectivity index (χ2n) is 13.7. The molecule has 4 aromatic rings. The Balaban J connectivity index is 1.35. The van der Waals surface area contributed by atoms with Crippen LogP contribution in [0.2, 0.25) is 5.02 Å². The molecule has 0 radical (unpaired) electrons. The van der Waals surface area contributed by atoms with Gasteiger partial charge in [0.25, 0.3) is 16.0 Å². The fourth-order valence-electron chi connectivity index (χ4n) is 6.52. The number of hydrogen-bond donors (Lipinski definition) is 3. The molecule has 3 N–H and O–H groups in total. The topological polar surface area (TPSA) is 122 Å². The number of anilines is 1. The molecule has 8 nitrogen and oxygen atoms in total. The van der Waals surface area contributed by atoms with E-state index in [1.807, 2.05) is 61.5 Å². The summed E-state index contributed by atoms with van der Waals surface area (Å²) >= 11 is 6.15. The van der Waals surface area contributed by atoms with E-state index in [1.54, 1.807) is 31.4 Å². The number of nitrogens with one attached hydrogen (secondary N) is 2. The molecule has 5 rings (SSSR count). The fraction of sp³-hybridized carbons (Fsp3) is 0.317. The summed E-state index contributed by atoms with van der Waals surface area (Å²) in [6.07, 6.45) is 5.65. The van der Waals surface area contributed by atoms with Crippen LogP contribution in [0.3, 0.4) is 0 Å². The third kappa shape index (κ3) is 10.2. The molecule has 1 aliphatic carbocycles. The highest BCUT2D eigenvalue weighted by molar-refractivity contribution is 7.85. The van der Waals surface area contributed by atoms with E-state index in [0.717, 1.165) is 52.6 Å². The molecule has 0 heterocycles. The Morgan fingerprint density at radius 1 is 0.961 bits per heavy atom. The van der Waals surface area contributed by atoms with Crippen LogP contribution >= 0.6 is 11.6 Å². The summed E-state index contributed by atoms with van der Waals surface area (Å²) in [6, 6.07) is 28.6. The van der Waals surface area contributed by atoms with Crippen molar-refractivity contribution in [3.05, 3.63) is 130 Å². The first-order valence-electron chi connectivity index (χ1n) is 17.1. The molecule has 0 fully saturated rings. The van der Waals surface area contributed by atoms with Gasteiger partial charge in [-0.25, -0.2) is 0 Å². The van der Waals surface area contributed by atoms with Gasteiger partial charge in [-0.1, -0.05) is 72.3 Å². The van der Waals surface area contributed by atoms with E-state index in [2.05, 4.69) is 42.7 Å². The molecule has 51 heavy (non-hydrogen) atoms. The van der Waals surface area contributed by atoms with Gasteiger partial charge >= 0.3 is 0 Å². The van der Waals surface area contributed by atoms with Crippen LogP contribution in [-0.4, -0.2) is 49.8 Å². The first-order valence-corrected chi connectivity index (χ1v) is 19.1. The number of rotatable bonds is 13. The lowest BCUT2D eigenvalue weighted by Gasteiger charge is -2.35. The summed E-state index contributed by atoms with van der Waals surface area (Å²) in [5, 5.41) is 6.29. The van der Waals surface area contributed by atoms with Crippen molar-refractivity contribution in [2.75, 3.05) is 24.7 Å². The highest BCUT2D eigenvalue weighted by atomic mass is 35.5. The molecule has 2 atom stereocenters. The largest absolute Gasteiger partial charge is 0.379 e. The molecule has 0 saturated carbocycles. The number of aryl methyl sites for hydroxylation is 1. The molecule has 1 aliphatic rings. The van der Waals surface area contributed by atoms with E-state index in [9.17, 15) is 18.0 Å². The quantitative estimate of drug-likeness (QED) is 0.119. The smallest absolute Gasteiger partial charge is 0.266 e. The van der Waals surface area contributed by atoms with E-state index in [-0.39, 0.29) is 18.1 Å². The number of benzene rings is 4. The maximum atomic E-state index is 14.0. The number of ether oxygens (including phenoxy) is 1. The summed E-state index contributed by atoms with van der Waals surface area (Å²) in [6.45, 7) is 6.09. The molecule has 0 aliphatic heterocycles. The monoisotopic (exact) mass is 728 g/mol. The van der Waals surface area contributed by atoms with E-state index in [0.29, 0.717) is 28.6 Å². The fourth-order valence-corrected chi connectivity index (χ4v) is 7.11. The van der Waals surface area contributed by atoms with Crippen LogP contribution < -0.4 is 10.6 Å². The Bertz CT molecular complexity index is 1990. The second-order valence-corrected chi connectivity index (χ2v) is 15.7. The van der Waals surface area contributed by atoms with Crippen molar-refractivity contribution in [3.8, 4) is 11.1 Å². The van der Waals surface area contributed by atoms with E-state index >= 15 is 0 Å². The lowest BCUT2D eigenvalue weighted by Crippen LogP contribution is -2.34. The normalized spacial score (nSPS) is 15.5. The molecule has 2 amide bonds. The van der Waals surface area contributed by atoms with Crippen LogP contribution in [0.5, 0.6) is 0 Å². The molecule has 4 aromatic carbocycles. The highest BCUT2D eigenvalue weighted by Gasteiger charge is 2.30. The zero-order valence-electron chi connectivity index (χ0n) is 29.4. The van der Waals surface area contributed by atoms with Crippen molar-refractivity contribution in [1.29, 1.82) is 0 Å². The van der Waals surface area contributed by atoms with Crippen molar-refractivity contribution < 1.29 is 27.3 Å².